The first-order valence-corrected chi connectivity index (χ1v) is 9.19. The molecule has 1 heterocycles. The molecule has 0 aliphatic rings. The van der Waals surface area contributed by atoms with E-state index in [0.29, 0.717) is 6.54 Å². The van der Waals surface area contributed by atoms with Gasteiger partial charge in [-0.1, -0.05) is 26.0 Å². The van der Waals surface area contributed by atoms with Crippen molar-refractivity contribution in [3.05, 3.63) is 45.4 Å². The van der Waals surface area contributed by atoms with Gasteiger partial charge in [-0.05, 0) is 31.5 Å². The SMILES string of the molecule is CN=C(NCc1nc(C)c(C)s1)NCC(C)(C)c1cccc(OC)c1.I. The minimum atomic E-state index is -0.0550. The van der Waals surface area contributed by atoms with Gasteiger partial charge in [-0.3, -0.25) is 4.99 Å². The number of benzene rings is 1. The van der Waals surface area contributed by atoms with Crippen LogP contribution in [-0.4, -0.2) is 31.6 Å². The van der Waals surface area contributed by atoms with Crippen molar-refractivity contribution in [3.63, 3.8) is 0 Å². The van der Waals surface area contributed by atoms with E-state index in [4.69, 9.17) is 4.74 Å². The molecule has 1 aromatic carbocycles. The molecule has 0 fully saturated rings. The Morgan fingerprint density at radius 2 is 2.00 bits per heavy atom. The first-order valence-electron chi connectivity index (χ1n) is 8.37. The normalized spacial score (nSPS) is 11.7. The first-order chi connectivity index (χ1) is 11.9. The van der Waals surface area contributed by atoms with Gasteiger partial charge in [0.15, 0.2) is 5.96 Å². The van der Waals surface area contributed by atoms with E-state index in [2.05, 4.69) is 53.5 Å². The molecule has 0 bridgehead atoms. The third-order valence-electron chi connectivity index (χ3n) is 4.25. The number of aryl methyl sites for hydroxylation is 2. The molecular formula is C19H29IN4OS. The van der Waals surface area contributed by atoms with Gasteiger partial charge >= 0.3 is 0 Å². The summed E-state index contributed by atoms with van der Waals surface area (Å²) in [5.74, 6) is 1.66. The third-order valence-corrected chi connectivity index (χ3v) is 5.33. The van der Waals surface area contributed by atoms with Gasteiger partial charge in [0.05, 0.1) is 19.3 Å². The van der Waals surface area contributed by atoms with Crippen molar-refractivity contribution in [2.75, 3.05) is 20.7 Å². The maximum absolute atomic E-state index is 5.33. The topological polar surface area (TPSA) is 58.5 Å². The van der Waals surface area contributed by atoms with Crippen LogP contribution in [0.25, 0.3) is 0 Å². The Hall–Kier alpha value is -1.35. The van der Waals surface area contributed by atoms with Gasteiger partial charge in [-0.15, -0.1) is 35.3 Å². The Morgan fingerprint density at radius 1 is 1.27 bits per heavy atom. The second kappa shape index (κ2) is 10.1. The van der Waals surface area contributed by atoms with Crippen LogP contribution in [0.5, 0.6) is 5.75 Å². The summed E-state index contributed by atoms with van der Waals surface area (Å²) in [6, 6.07) is 8.20. The van der Waals surface area contributed by atoms with E-state index in [1.807, 2.05) is 19.1 Å². The maximum Gasteiger partial charge on any atom is 0.191 e. The van der Waals surface area contributed by atoms with Crippen LogP contribution in [-0.2, 0) is 12.0 Å². The van der Waals surface area contributed by atoms with E-state index in [9.17, 15) is 0 Å². The molecule has 2 aromatic rings. The van der Waals surface area contributed by atoms with Crippen molar-refractivity contribution in [2.45, 2.75) is 39.7 Å². The van der Waals surface area contributed by atoms with Crippen molar-refractivity contribution in [1.29, 1.82) is 0 Å². The van der Waals surface area contributed by atoms with E-state index in [-0.39, 0.29) is 29.4 Å². The Morgan fingerprint density at radius 3 is 2.58 bits per heavy atom. The number of rotatable bonds is 6. The van der Waals surface area contributed by atoms with Gasteiger partial charge < -0.3 is 15.4 Å². The average molecular weight is 488 g/mol. The van der Waals surface area contributed by atoms with Gasteiger partial charge in [0.1, 0.15) is 10.8 Å². The van der Waals surface area contributed by atoms with Crippen molar-refractivity contribution in [2.24, 2.45) is 4.99 Å². The molecule has 5 nitrogen and oxygen atoms in total. The molecular weight excluding hydrogens is 459 g/mol. The lowest BCUT2D eigenvalue weighted by molar-refractivity contribution is 0.411. The summed E-state index contributed by atoms with van der Waals surface area (Å²) >= 11 is 1.72. The monoisotopic (exact) mass is 488 g/mol. The van der Waals surface area contributed by atoms with Crippen LogP contribution in [0.15, 0.2) is 29.3 Å². The fourth-order valence-corrected chi connectivity index (χ4v) is 3.32. The zero-order valence-electron chi connectivity index (χ0n) is 16.3. The Labute approximate surface area is 177 Å². The Balaban J connectivity index is 0.00000338. The molecule has 0 spiro atoms. The number of halogens is 1. The number of thiazole rings is 1. The number of hydrogen-bond donors (Lipinski definition) is 2. The molecule has 0 unspecified atom stereocenters. The van der Waals surface area contributed by atoms with Crippen LogP contribution in [0.4, 0.5) is 0 Å². The van der Waals surface area contributed by atoms with Crippen molar-refractivity contribution in [3.8, 4) is 5.75 Å². The quantitative estimate of drug-likeness (QED) is 0.366. The van der Waals surface area contributed by atoms with E-state index in [1.54, 1.807) is 25.5 Å². The lowest BCUT2D eigenvalue weighted by Crippen LogP contribution is -2.43. The zero-order chi connectivity index (χ0) is 18.4. The minimum Gasteiger partial charge on any atom is -0.497 e. The van der Waals surface area contributed by atoms with Crippen LogP contribution in [0.2, 0.25) is 0 Å². The molecule has 1 aromatic heterocycles. The standard InChI is InChI=1S/C19H28N4OS.HI/c1-13-14(2)25-17(23-13)11-21-18(20-5)22-12-19(3,4)15-8-7-9-16(10-15)24-6;/h7-10H,11-12H2,1-6H3,(H2,20,21,22);1H. The summed E-state index contributed by atoms with van der Waals surface area (Å²) < 4.78 is 5.33. The predicted octanol–water partition coefficient (Wildman–Crippen LogP) is 4.03. The zero-order valence-corrected chi connectivity index (χ0v) is 19.5. The highest BCUT2D eigenvalue weighted by Gasteiger charge is 2.21. The Kier molecular flexibility index (Phi) is 8.82. The van der Waals surface area contributed by atoms with Crippen molar-refractivity contribution >= 4 is 41.3 Å². The minimum absolute atomic E-state index is 0. The van der Waals surface area contributed by atoms with E-state index >= 15 is 0 Å². The maximum atomic E-state index is 5.33. The fourth-order valence-electron chi connectivity index (χ4n) is 2.45. The molecule has 2 N–H and O–H groups in total. The predicted molar refractivity (Wildman–Crippen MR) is 121 cm³/mol. The number of nitrogens with zero attached hydrogens (tertiary/aromatic N) is 2. The molecule has 0 saturated heterocycles. The van der Waals surface area contributed by atoms with Gasteiger partial charge in [0, 0.05) is 23.9 Å². The number of aromatic nitrogens is 1. The number of methoxy groups -OCH3 is 1. The smallest absolute Gasteiger partial charge is 0.191 e. The Bertz CT molecular complexity index is 723. The van der Waals surface area contributed by atoms with Gasteiger partial charge in [-0.2, -0.15) is 0 Å². The molecule has 0 saturated carbocycles. The number of nitrogens with one attached hydrogen (secondary N) is 2. The van der Waals surface area contributed by atoms with Crippen molar-refractivity contribution in [1.82, 2.24) is 15.6 Å². The number of guanidine groups is 1. The molecule has 0 atom stereocenters. The number of ether oxygens (including phenoxy) is 1. The molecule has 0 aliphatic carbocycles. The highest BCUT2D eigenvalue weighted by atomic mass is 127. The molecule has 0 radical (unpaired) electrons. The van der Waals surface area contributed by atoms with Crippen LogP contribution < -0.4 is 15.4 Å². The number of aliphatic imine (C=N–C) groups is 1. The van der Waals surface area contributed by atoms with Gasteiger partial charge in [0.2, 0.25) is 0 Å². The summed E-state index contributed by atoms with van der Waals surface area (Å²) in [5, 5.41) is 7.82. The van der Waals surface area contributed by atoms with Crippen molar-refractivity contribution < 1.29 is 4.74 Å². The van der Waals surface area contributed by atoms with Crippen LogP contribution in [0.1, 0.15) is 35.0 Å². The van der Waals surface area contributed by atoms with Gasteiger partial charge in [0.25, 0.3) is 0 Å². The van der Waals surface area contributed by atoms with Gasteiger partial charge in [-0.25, -0.2) is 4.98 Å². The summed E-state index contributed by atoms with van der Waals surface area (Å²) in [7, 11) is 3.48. The van der Waals surface area contributed by atoms with E-state index < -0.39 is 0 Å². The van der Waals surface area contributed by atoms with E-state index in [0.717, 1.165) is 29.0 Å². The highest BCUT2D eigenvalue weighted by molar-refractivity contribution is 14.0. The summed E-state index contributed by atoms with van der Waals surface area (Å²) in [6.45, 7) is 9.98. The molecule has 0 amide bonds. The second-order valence-electron chi connectivity index (χ2n) is 6.64. The molecule has 0 aliphatic heterocycles. The lowest BCUT2D eigenvalue weighted by atomic mass is 9.84. The van der Waals surface area contributed by atoms with Crippen LogP contribution in [0.3, 0.4) is 0 Å². The largest absolute Gasteiger partial charge is 0.497 e. The lowest BCUT2D eigenvalue weighted by Gasteiger charge is -2.27. The molecule has 7 heteroatoms. The summed E-state index contributed by atoms with van der Waals surface area (Å²) in [5.41, 5.74) is 2.27. The molecule has 26 heavy (non-hydrogen) atoms. The number of hydrogen-bond acceptors (Lipinski definition) is 4. The molecule has 144 valence electrons. The van der Waals surface area contributed by atoms with Crippen LogP contribution >= 0.6 is 35.3 Å². The fraction of sp³-hybridized carbons (Fsp3) is 0.474. The average Bonchev–Trinajstić information content (AvgIpc) is 2.93. The summed E-state index contributed by atoms with van der Waals surface area (Å²) in [4.78, 5) is 10.1. The third kappa shape index (κ3) is 6.12. The first kappa shape index (κ1) is 22.7. The van der Waals surface area contributed by atoms with E-state index in [1.165, 1.54) is 10.4 Å². The second-order valence-corrected chi connectivity index (χ2v) is 7.93. The summed E-state index contributed by atoms with van der Waals surface area (Å²) in [6.07, 6.45) is 0. The highest BCUT2D eigenvalue weighted by Crippen LogP contribution is 2.25. The molecule has 2 rings (SSSR count). The van der Waals surface area contributed by atoms with Crippen LogP contribution in [0, 0.1) is 13.8 Å².